The number of ether oxygens (including phenoxy) is 1. The predicted octanol–water partition coefficient (Wildman–Crippen LogP) is 0.911. The fourth-order valence-electron chi connectivity index (χ4n) is 1.59. The molecule has 1 aromatic carbocycles. The molecule has 2 amide bonds. The monoisotopic (exact) mass is 264 g/mol. The minimum Gasteiger partial charge on any atom is -0.385 e. The second kappa shape index (κ2) is 8.26. The first kappa shape index (κ1) is 15.2. The number of likely N-dealkylation sites (N-methyl/N-ethyl adjacent to an activating group) is 1. The summed E-state index contributed by atoms with van der Waals surface area (Å²) in [5, 5.41) is 2.74. The number of hydrogen-bond donors (Lipinski definition) is 1. The van der Waals surface area contributed by atoms with Crippen LogP contribution in [0.3, 0.4) is 0 Å². The van der Waals surface area contributed by atoms with Gasteiger partial charge in [-0.3, -0.25) is 9.59 Å². The largest absolute Gasteiger partial charge is 0.385 e. The van der Waals surface area contributed by atoms with Gasteiger partial charge in [-0.05, 0) is 18.6 Å². The zero-order valence-electron chi connectivity index (χ0n) is 11.4. The molecule has 19 heavy (non-hydrogen) atoms. The standard InChI is InChI=1S/C14H20N2O3/c1-16(11-13(17)15-9-6-10-19-2)14(18)12-7-4-3-5-8-12/h3-5,7-8H,6,9-11H2,1-2H3,(H,15,17). The molecule has 0 atom stereocenters. The zero-order chi connectivity index (χ0) is 14.1. The van der Waals surface area contributed by atoms with E-state index in [1.165, 1.54) is 4.90 Å². The summed E-state index contributed by atoms with van der Waals surface area (Å²) in [4.78, 5) is 25.0. The summed E-state index contributed by atoms with van der Waals surface area (Å²) in [5.74, 6) is -0.324. The minimum atomic E-state index is -0.164. The predicted molar refractivity (Wildman–Crippen MR) is 72.9 cm³/mol. The third kappa shape index (κ3) is 5.52. The fraction of sp³-hybridized carbons (Fsp3) is 0.429. The second-order valence-electron chi connectivity index (χ2n) is 4.22. The van der Waals surface area contributed by atoms with Gasteiger partial charge in [-0.15, -0.1) is 0 Å². The van der Waals surface area contributed by atoms with E-state index >= 15 is 0 Å². The molecule has 104 valence electrons. The molecule has 0 aliphatic heterocycles. The van der Waals surface area contributed by atoms with E-state index in [0.29, 0.717) is 18.7 Å². The van der Waals surface area contributed by atoms with Crippen LogP contribution in [0.5, 0.6) is 0 Å². The number of hydrogen-bond acceptors (Lipinski definition) is 3. The van der Waals surface area contributed by atoms with E-state index in [4.69, 9.17) is 4.74 Å². The number of carbonyl (C=O) groups is 2. The Labute approximate surface area is 113 Å². The lowest BCUT2D eigenvalue weighted by atomic mass is 10.2. The van der Waals surface area contributed by atoms with Crippen molar-refractivity contribution < 1.29 is 14.3 Å². The van der Waals surface area contributed by atoms with Gasteiger partial charge in [-0.1, -0.05) is 18.2 Å². The molecule has 0 saturated heterocycles. The van der Waals surface area contributed by atoms with Crippen LogP contribution >= 0.6 is 0 Å². The Morgan fingerprint density at radius 2 is 1.95 bits per heavy atom. The summed E-state index contributed by atoms with van der Waals surface area (Å²) in [7, 11) is 3.23. The van der Waals surface area contributed by atoms with Crippen LogP contribution in [0.15, 0.2) is 30.3 Å². The first-order valence-corrected chi connectivity index (χ1v) is 6.21. The van der Waals surface area contributed by atoms with E-state index < -0.39 is 0 Å². The molecule has 0 aliphatic carbocycles. The maximum atomic E-state index is 12.0. The molecule has 0 bridgehead atoms. The highest BCUT2D eigenvalue weighted by molar-refractivity contribution is 5.96. The number of carbonyl (C=O) groups excluding carboxylic acids is 2. The Bertz CT molecular complexity index is 406. The van der Waals surface area contributed by atoms with Gasteiger partial charge in [0, 0.05) is 32.9 Å². The van der Waals surface area contributed by atoms with Gasteiger partial charge in [-0.25, -0.2) is 0 Å². The van der Waals surface area contributed by atoms with Crippen LogP contribution in [-0.2, 0) is 9.53 Å². The summed E-state index contributed by atoms with van der Waals surface area (Å²) in [6.45, 7) is 1.22. The molecule has 0 radical (unpaired) electrons. The molecule has 1 N–H and O–H groups in total. The lowest BCUT2D eigenvalue weighted by Crippen LogP contribution is -2.38. The normalized spacial score (nSPS) is 10.0. The Morgan fingerprint density at radius 1 is 1.26 bits per heavy atom. The zero-order valence-corrected chi connectivity index (χ0v) is 11.4. The number of methoxy groups -OCH3 is 1. The van der Waals surface area contributed by atoms with Crippen LogP contribution in [0.1, 0.15) is 16.8 Å². The summed E-state index contributed by atoms with van der Waals surface area (Å²) < 4.78 is 4.88. The summed E-state index contributed by atoms with van der Waals surface area (Å²) in [6, 6.07) is 8.90. The maximum absolute atomic E-state index is 12.0. The van der Waals surface area contributed by atoms with Gasteiger partial charge >= 0.3 is 0 Å². The smallest absolute Gasteiger partial charge is 0.254 e. The number of benzene rings is 1. The molecule has 5 heteroatoms. The number of amides is 2. The SMILES string of the molecule is COCCCNC(=O)CN(C)C(=O)c1ccccc1. The molecular weight excluding hydrogens is 244 g/mol. The maximum Gasteiger partial charge on any atom is 0.254 e. The van der Waals surface area contributed by atoms with Crippen LogP contribution in [-0.4, -0.2) is 50.6 Å². The second-order valence-corrected chi connectivity index (χ2v) is 4.22. The third-order valence-corrected chi connectivity index (χ3v) is 2.60. The van der Waals surface area contributed by atoms with Crippen molar-refractivity contribution in [1.82, 2.24) is 10.2 Å². The average Bonchev–Trinajstić information content (AvgIpc) is 2.43. The Kier molecular flexibility index (Phi) is 6.60. The Morgan fingerprint density at radius 3 is 2.58 bits per heavy atom. The van der Waals surface area contributed by atoms with Crippen molar-refractivity contribution in [2.75, 3.05) is 33.9 Å². The molecule has 0 heterocycles. The van der Waals surface area contributed by atoms with E-state index in [1.54, 1.807) is 38.4 Å². The molecule has 0 fully saturated rings. The number of rotatable bonds is 7. The van der Waals surface area contributed by atoms with Gasteiger partial charge in [0.2, 0.25) is 5.91 Å². The van der Waals surface area contributed by atoms with Crippen molar-refractivity contribution in [1.29, 1.82) is 0 Å². The molecule has 5 nitrogen and oxygen atoms in total. The van der Waals surface area contributed by atoms with Crippen molar-refractivity contribution in [3.63, 3.8) is 0 Å². The van der Waals surface area contributed by atoms with Crippen LogP contribution in [0.25, 0.3) is 0 Å². The lowest BCUT2D eigenvalue weighted by Gasteiger charge is -2.16. The molecule has 0 aliphatic rings. The molecule has 1 aromatic rings. The Balaban J connectivity index is 2.36. The van der Waals surface area contributed by atoms with E-state index in [2.05, 4.69) is 5.32 Å². The highest BCUT2D eigenvalue weighted by atomic mass is 16.5. The Hall–Kier alpha value is -1.88. The van der Waals surface area contributed by atoms with E-state index in [-0.39, 0.29) is 18.4 Å². The van der Waals surface area contributed by atoms with Crippen molar-refractivity contribution in [3.05, 3.63) is 35.9 Å². The van der Waals surface area contributed by atoms with E-state index in [0.717, 1.165) is 6.42 Å². The van der Waals surface area contributed by atoms with Crippen molar-refractivity contribution in [2.24, 2.45) is 0 Å². The lowest BCUT2D eigenvalue weighted by molar-refractivity contribution is -0.121. The van der Waals surface area contributed by atoms with Crippen molar-refractivity contribution >= 4 is 11.8 Å². The van der Waals surface area contributed by atoms with E-state index in [1.807, 2.05) is 6.07 Å². The fourth-order valence-corrected chi connectivity index (χ4v) is 1.59. The number of nitrogens with zero attached hydrogens (tertiary/aromatic N) is 1. The molecule has 0 unspecified atom stereocenters. The average molecular weight is 264 g/mol. The first-order chi connectivity index (χ1) is 9.15. The highest BCUT2D eigenvalue weighted by Gasteiger charge is 2.13. The summed E-state index contributed by atoms with van der Waals surface area (Å²) in [5.41, 5.74) is 0.581. The minimum absolute atomic E-state index is 0.0563. The van der Waals surface area contributed by atoms with E-state index in [9.17, 15) is 9.59 Å². The third-order valence-electron chi connectivity index (χ3n) is 2.60. The topological polar surface area (TPSA) is 58.6 Å². The van der Waals surface area contributed by atoms with Crippen molar-refractivity contribution in [3.8, 4) is 0 Å². The molecule has 0 spiro atoms. The highest BCUT2D eigenvalue weighted by Crippen LogP contribution is 2.02. The number of nitrogens with one attached hydrogen (secondary N) is 1. The molecular formula is C14H20N2O3. The van der Waals surface area contributed by atoms with Crippen LogP contribution < -0.4 is 5.32 Å². The van der Waals surface area contributed by atoms with Gasteiger partial charge in [-0.2, -0.15) is 0 Å². The van der Waals surface area contributed by atoms with Gasteiger partial charge < -0.3 is 15.0 Å². The summed E-state index contributed by atoms with van der Waals surface area (Å²) >= 11 is 0. The summed E-state index contributed by atoms with van der Waals surface area (Å²) in [6.07, 6.45) is 0.762. The molecule has 1 rings (SSSR count). The molecule has 0 saturated carbocycles. The van der Waals surface area contributed by atoms with Gasteiger partial charge in [0.15, 0.2) is 0 Å². The first-order valence-electron chi connectivity index (χ1n) is 6.21. The van der Waals surface area contributed by atoms with Gasteiger partial charge in [0.25, 0.3) is 5.91 Å². The van der Waals surface area contributed by atoms with Gasteiger partial charge in [0.05, 0.1) is 6.54 Å². The van der Waals surface area contributed by atoms with Crippen LogP contribution in [0.4, 0.5) is 0 Å². The molecule has 0 aromatic heterocycles. The van der Waals surface area contributed by atoms with Crippen LogP contribution in [0, 0.1) is 0 Å². The quantitative estimate of drug-likeness (QED) is 0.745. The van der Waals surface area contributed by atoms with Crippen LogP contribution in [0.2, 0.25) is 0 Å². The van der Waals surface area contributed by atoms with Crippen molar-refractivity contribution in [2.45, 2.75) is 6.42 Å². The van der Waals surface area contributed by atoms with Gasteiger partial charge in [0.1, 0.15) is 0 Å².